The van der Waals surface area contributed by atoms with Gasteiger partial charge < -0.3 is 10.1 Å². The van der Waals surface area contributed by atoms with Crippen molar-refractivity contribution in [1.82, 2.24) is 15.2 Å². The minimum absolute atomic E-state index is 0.238. The number of ether oxygens (including phenoxy) is 1. The molecular formula is C22H19FN4OS. The van der Waals surface area contributed by atoms with E-state index >= 15 is 0 Å². The van der Waals surface area contributed by atoms with Gasteiger partial charge in [-0.1, -0.05) is 53.8 Å². The standard InChI is InChI=1S/C22H19FN4OS/c1-28-19-12-5-3-9-16(19)21(18-11-6-7-13-24-18)25-22-27-26-20(29-22)14-15-8-2-4-10-17(15)23/h2-13,21H,14H2,1H3,(H,25,27). The van der Waals surface area contributed by atoms with Crippen molar-refractivity contribution in [1.29, 1.82) is 0 Å². The second-order valence-electron chi connectivity index (χ2n) is 6.34. The number of para-hydroxylation sites is 1. The van der Waals surface area contributed by atoms with Gasteiger partial charge in [-0.3, -0.25) is 4.98 Å². The van der Waals surface area contributed by atoms with E-state index in [2.05, 4.69) is 20.5 Å². The number of hydrogen-bond acceptors (Lipinski definition) is 6. The lowest BCUT2D eigenvalue weighted by atomic mass is 10.0. The van der Waals surface area contributed by atoms with Crippen LogP contribution in [-0.2, 0) is 6.42 Å². The number of pyridine rings is 1. The van der Waals surface area contributed by atoms with Gasteiger partial charge >= 0.3 is 0 Å². The molecule has 1 N–H and O–H groups in total. The first-order valence-electron chi connectivity index (χ1n) is 9.11. The summed E-state index contributed by atoms with van der Waals surface area (Å²) in [5, 5.41) is 13.3. The van der Waals surface area contributed by atoms with E-state index in [0.29, 0.717) is 17.1 Å². The number of rotatable bonds is 7. The number of anilines is 1. The van der Waals surface area contributed by atoms with Crippen molar-refractivity contribution in [2.75, 3.05) is 12.4 Å². The quantitative estimate of drug-likeness (QED) is 0.474. The van der Waals surface area contributed by atoms with Gasteiger partial charge in [0.05, 0.1) is 18.8 Å². The number of benzene rings is 2. The van der Waals surface area contributed by atoms with E-state index in [-0.39, 0.29) is 11.9 Å². The van der Waals surface area contributed by atoms with Crippen molar-refractivity contribution in [3.05, 3.63) is 101 Å². The number of methoxy groups -OCH3 is 1. The molecule has 0 radical (unpaired) electrons. The SMILES string of the molecule is COc1ccccc1C(Nc1nnc(Cc2ccccc2F)s1)c1ccccn1. The van der Waals surface area contributed by atoms with E-state index in [1.54, 1.807) is 25.4 Å². The molecule has 2 aromatic carbocycles. The highest BCUT2D eigenvalue weighted by Crippen LogP contribution is 2.33. The van der Waals surface area contributed by atoms with E-state index in [1.807, 2.05) is 48.5 Å². The molecule has 7 heteroatoms. The Labute approximate surface area is 172 Å². The van der Waals surface area contributed by atoms with E-state index in [4.69, 9.17) is 4.74 Å². The number of nitrogens with one attached hydrogen (secondary N) is 1. The first-order chi connectivity index (χ1) is 14.2. The molecule has 4 aromatic rings. The van der Waals surface area contributed by atoms with Crippen molar-refractivity contribution in [3.63, 3.8) is 0 Å². The van der Waals surface area contributed by atoms with Crippen LogP contribution in [0.25, 0.3) is 0 Å². The molecule has 0 amide bonds. The third-order valence-electron chi connectivity index (χ3n) is 4.47. The second kappa shape index (κ2) is 8.79. The lowest BCUT2D eigenvalue weighted by Crippen LogP contribution is -2.14. The third kappa shape index (κ3) is 4.41. The largest absolute Gasteiger partial charge is 0.496 e. The minimum Gasteiger partial charge on any atom is -0.496 e. The van der Waals surface area contributed by atoms with Gasteiger partial charge in [0.25, 0.3) is 0 Å². The van der Waals surface area contributed by atoms with Crippen LogP contribution in [0, 0.1) is 5.82 Å². The predicted octanol–water partition coefficient (Wildman–Crippen LogP) is 4.87. The highest BCUT2D eigenvalue weighted by atomic mass is 32.1. The van der Waals surface area contributed by atoms with Crippen LogP contribution in [0.5, 0.6) is 5.75 Å². The van der Waals surface area contributed by atoms with Crippen LogP contribution in [0.3, 0.4) is 0 Å². The zero-order chi connectivity index (χ0) is 20.1. The highest BCUT2D eigenvalue weighted by molar-refractivity contribution is 7.15. The van der Waals surface area contributed by atoms with E-state index < -0.39 is 0 Å². The molecule has 2 heterocycles. The molecule has 1 atom stereocenters. The van der Waals surface area contributed by atoms with Gasteiger partial charge in [0.15, 0.2) is 0 Å². The summed E-state index contributed by atoms with van der Waals surface area (Å²) in [6, 6.07) is 20.0. The topological polar surface area (TPSA) is 59.9 Å². The monoisotopic (exact) mass is 406 g/mol. The zero-order valence-electron chi connectivity index (χ0n) is 15.7. The van der Waals surface area contributed by atoms with Gasteiger partial charge in [-0.05, 0) is 29.8 Å². The highest BCUT2D eigenvalue weighted by Gasteiger charge is 2.21. The number of aromatic nitrogens is 3. The maximum atomic E-state index is 13.9. The molecule has 5 nitrogen and oxygen atoms in total. The van der Waals surface area contributed by atoms with Crippen molar-refractivity contribution < 1.29 is 9.13 Å². The molecule has 1 unspecified atom stereocenters. The summed E-state index contributed by atoms with van der Waals surface area (Å²) in [4.78, 5) is 4.50. The van der Waals surface area contributed by atoms with Gasteiger partial charge in [0.2, 0.25) is 5.13 Å². The Morgan fingerprint density at radius 1 is 1.00 bits per heavy atom. The summed E-state index contributed by atoms with van der Waals surface area (Å²) in [7, 11) is 1.64. The fraction of sp³-hybridized carbons (Fsp3) is 0.136. The first kappa shape index (κ1) is 19.0. The number of nitrogens with zero attached hydrogens (tertiary/aromatic N) is 3. The van der Waals surface area contributed by atoms with Crippen LogP contribution >= 0.6 is 11.3 Å². The first-order valence-corrected chi connectivity index (χ1v) is 9.92. The molecule has 0 aliphatic heterocycles. The molecule has 2 aromatic heterocycles. The molecule has 0 spiro atoms. The molecule has 0 saturated heterocycles. The summed E-state index contributed by atoms with van der Waals surface area (Å²) in [6.45, 7) is 0. The Bertz CT molecular complexity index is 1090. The smallest absolute Gasteiger partial charge is 0.206 e. The maximum Gasteiger partial charge on any atom is 0.206 e. The summed E-state index contributed by atoms with van der Waals surface area (Å²) in [5.41, 5.74) is 2.38. The summed E-state index contributed by atoms with van der Waals surface area (Å²) >= 11 is 1.40. The molecule has 0 aliphatic rings. The molecule has 146 valence electrons. The average Bonchev–Trinajstić information content (AvgIpc) is 3.21. The van der Waals surface area contributed by atoms with Gasteiger partial charge in [0.1, 0.15) is 16.6 Å². The second-order valence-corrected chi connectivity index (χ2v) is 7.41. The minimum atomic E-state index is -0.262. The van der Waals surface area contributed by atoms with Gasteiger partial charge in [-0.2, -0.15) is 0 Å². The summed E-state index contributed by atoms with van der Waals surface area (Å²) in [6.07, 6.45) is 2.15. The van der Waals surface area contributed by atoms with Crippen molar-refractivity contribution >= 4 is 16.5 Å². The molecule has 4 rings (SSSR count). The van der Waals surface area contributed by atoms with Crippen molar-refractivity contribution in [3.8, 4) is 5.75 Å². The van der Waals surface area contributed by atoms with Crippen LogP contribution < -0.4 is 10.1 Å². The fourth-order valence-electron chi connectivity index (χ4n) is 3.07. The van der Waals surface area contributed by atoms with Crippen LogP contribution in [0.1, 0.15) is 27.9 Å². The third-order valence-corrected chi connectivity index (χ3v) is 5.32. The fourth-order valence-corrected chi connectivity index (χ4v) is 3.87. The Morgan fingerprint density at radius 2 is 1.79 bits per heavy atom. The van der Waals surface area contributed by atoms with Crippen LogP contribution in [-0.4, -0.2) is 22.3 Å². The van der Waals surface area contributed by atoms with Gasteiger partial charge in [0, 0.05) is 18.2 Å². The maximum absolute atomic E-state index is 13.9. The number of halogens is 1. The lowest BCUT2D eigenvalue weighted by molar-refractivity contribution is 0.408. The van der Waals surface area contributed by atoms with E-state index in [9.17, 15) is 4.39 Å². The zero-order valence-corrected chi connectivity index (χ0v) is 16.6. The predicted molar refractivity (Wildman–Crippen MR) is 112 cm³/mol. The molecule has 0 saturated carbocycles. The molecule has 0 aliphatic carbocycles. The van der Waals surface area contributed by atoms with Crippen molar-refractivity contribution in [2.45, 2.75) is 12.5 Å². The Hall–Kier alpha value is -3.32. The molecule has 29 heavy (non-hydrogen) atoms. The molecule has 0 bridgehead atoms. The molecule has 0 fully saturated rings. The summed E-state index contributed by atoms with van der Waals surface area (Å²) < 4.78 is 19.5. The van der Waals surface area contributed by atoms with Gasteiger partial charge in [-0.25, -0.2) is 4.39 Å². The van der Waals surface area contributed by atoms with Crippen LogP contribution in [0.15, 0.2) is 72.9 Å². The van der Waals surface area contributed by atoms with Crippen LogP contribution in [0.2, 0.25) is 0 Å². The van der Waals surface area contributed by atoms with Crippen LogP contribution in [0.4, 0.5) is 9.52 Å². The normalized spacial score (nSPS) is 11.8. The Kier molecular flexibility index (Phi) is 5.76. The Balaban J connectivity index is 1.62. The Morgan fingerprint density at radius 3 is 2.59 bits per heavy atom. The van der Waals surface area contributed by atoms with Crippen molar-refractivity contribution in [2.24, 2.45) is 0 Å². The lowest BCUT2D eigenvalue weighted by Gasteiger charge is -2.20. The van der Waals surface area contributed by atoms with Gasteiger partial charge in [-0.15, -0.1) is 10.2 Å². The summed E-state index contributed by atoms with van der Waals surface area (Å²) in [5.74, 6) is 0.518. The average molecular weight is 406 g/mol. The molecular weight excluding hydrogens is 387 g/mol. The van der Waals surface area contributed by atoms with E-state index in [0.717, 1.165) is 22.0 Å². The van der Waals surface area contributed by atoms with E-state index in [1.165, 1.54) is 17.4 Å². The number of hydrogen-bond donors (Lipinski definition) is 1.